The van der Waals surface area contributed by atoms with E-state index in [1.54, 1.807) is 43.0 Å². The van der Waals surface area contributed by atoms with Gasteiger partial charge in [0.1, 0.15) is 29.2 Å². The molecule has 6 aromatic rings. The lowest BCUT2D eigenvalue weighted by Gasteiger charge is -2.31. The number of para-hydroxylation sites is 2. The van der Waals surface area contributed by atoms with Crippen molar-refractivity contribution in [1.29, 1.82) is 0 Å². The number of fused-ring (bicyclic) bond motifs is 1. The number of anilines is 1. The summed E-state index contributed by atoms with van der Waals surface area (Å²) >= 11 is 0. The number of aliphatic hydroxyl groups is 2. The maximum atomic E-state index is 14.0. The standard InChI is InChI=1S/C40H56.C33H35FN2O5.C23H32N2O5.C9H8O4/c1-33(2)19-13-23-37(7)27-17-31-39(9)29-15-25-35(5)21-11-12-22-36(6)26-16-30-40(10)32-18-28-38(8)24-14-20-34(3)4;1-21(2)31-30(33(41)35-25-11-7-4-8-12-25)29(22-9-5-3-6-10-22)32(23-13-15-24(34)16-14-23)36(31)18-17-26(37)19-27(38)20-28(39)40;1-3-30-23(29)18(13-12-16-8-5-4-6-9-16)24-15(2)21(26)25-19-11-7-10-17(19)14-20(25)22(27)28;1-6(10)13-8-5-3-2-4-7(8)9(11)12/h11-12,15-22,25-32H,13-14,23-24H2,1-10H3;3-16,21,26-27,37-38H,17-20H2,1-2H3,(H,35,41)(H,39,40);4-6,8-9,15,17-20,24H,3,7,10-14H2,1-2H3,(H,27,28);2-5H,1H3,(H,11,12)/b12-11+,25-15+,26-16+,31-17+,32-18+,35-21+,36-22+,37-27+,38-28+,39-29+,40-30+;;;/t;26-,27-;15-,17-,18-,19-,20-;/m.10./s1. The largest absolute Gasteiger partial charge is 0.481 e. The van der Waals surface area contributed by atoms with Gasteiger partial charge in [0.2, 0.25) is 5.91 Å². The number of rotatable bonds is 39. The molecule has 18 nitrogen and oxygen atoms in total. The van der Waals surface area contributed by atoms with E-state index in [0.717, 1.165) is 61.8 Å². The molecule has 8 rings (SSSR count). The minimum Gasteiger partial charge on any atom is -0.481 e. The van der Waals surface area contributed by atoms with Crippen LogP contribution >= 0.6 is 0 Å². The van der Waals surface area contributed by atoms with Gasteiger partial charge in [-0.3, -0.25) is 29.3 Å². The van der Waals surface area contributed by atoms with Gasteiger partial charge in [0.05, 0.1) is 42.5 Å². The first-order valence-electron chi connectivity index (χ1n) is 42.9. The fourth-order valence-electron chi connectivity index (χ4n) is 14.4. The maximum absolute atomic E-state index is 14.0. The van der Waals surface area contributed by atoms with Crippen LogP contribution in [-0.4, -0.2) is 120 Å². The molecular weight excluding hydrogens is 1560 g/mol. The lowest BCUT2D eigenvalue weighted by atomic mass is 9.94. The third-order valence-electron chi connectivity index (χ3n) is 20.6. The molecule has 1 aliphatic carbocycles. The molecule has 0 bridgehead atoms. The van der Waals surface area contributed by atoms with E-state index in [-0.39, 0.29) is 78.8 Å². The normalized spacial score (nSPS) is 16.1. The highest BCUT2D eigenvalue weighted by Crippen LogP contribution is 2.44. The number of likely N-dealkylation sites (tertiary alicyclic amines) is 1. The highest BCUT2D eigenvalue weighted by atomic mass is 19.1. The molecule has 2 fully saturated rings. The first-order chi connectivity index (χ1) is 59.2. The maximum Gasteiger partial charge on any atom is 0.339 e. The van der Waals surface area contributed by atoms with E-state index in [4.69, 9.17) is 14.9 Å². The number of carbonyl (C=O) groups excluding carboxylic acids is 4. The monoisotopic (exact) mass is 1690 g/mol. The smallest absolute Gasteiger partial charge is 0.339 e. The van der Waals surface area contributed by atoms with Crippen molar-refractivity contribution >= 4 is 47.3 Å². The molecule has 662 valence electrons. The number of carboxylic acids is 3. The molecule has 1 aliphatic heterocycles. The van der Waals surface area contributed by atoms with Crippen LogP contribution < -0.4 is 15.4 Å². The van der Waals surface area contributed by atoms with Crippen LogP contribution in [0.3, 0.4) is 0 Å². The molecule has 2 heterocycles. The predicted molar refractivity (Wildman–Crippen MR) is 499 cm³/mol. The fourth-order valence-corrected chi connectivity index (χ4v) is 14.4. The quantitative estimate of drug-likeness (QED) is 0.00818. The Morgan fingerprint density at radius 1 is 0.581 bits per heavy atom. The van der Waals surface area contributed by atoms with E-state index in [1.165, 1.54) is 75.8 Å². The molecule has 0 spiro atoms. The molecular formula is C105H131FN4O14. The lowest BCUT2D eigenvalue weighted by molar-refractivity contribution is -0.151. The van der Waals surface area contributed by atoms with E-state index < -0.39 is 60.6 Å². The van der Waals surface area contributed by atoms with Crippen molar-refractivity contribution in [1.82, 2.24) is 14.8 Å². The third-order valence-corrected chi connectivity index (χ3v) is 20.6. The number of esters is 2. The minimum atomic E-state index is -1.18. The van der Waals surface area contributed by atoms with Crippen molar-refractivity contribution in [2.24, 2.45) is 5.92 Å². The molecule has 1 aromatic heterocycles. The van der Waals surface area contributed by atoms with Gasteiger partial charge in [-0.05, 0) is 231 Å². The van der Waals surface area contributed by atoms with E-state index in [0.29, 0.717) is 47.3 Å². The molecule has 7 N–H and O–H groups in total. The van der Waals surface area contributed by atoms with Crippen molar-refractivity contribution in [2.75, 3.05) is 11.9 Å². The fraction of sp³-hybridized carbons (Fsp3) is 0.362. The van der Waals surface area contributed by atoms with Crippen LogP contribution in [0.4, 0.5) is 10.1 Å². The highest BCUT2D eigenvalue weighted by Gasteiger charge is 2.50. The van der Waals surface area contributed by atoms with Gasteiger partial charge in [0, 0.05) is 36.5 Å². The summed E-state index contributed by atoms with van der Waals surface area (Å²) in [6, 6.07) is 38.5. The second-order valence-corrected chi connectivity index (χ2v) is 32.2. The lowest BCUT2D eigenvalue weighted by Crippen LogP contribution is -2.55. The number of aromatic carboxylic acids is 1. The summed E-state index contributed by atoms with van der Waals surface area (Å²) in [6.45, 7) is 30.7. The van der Waals surface area contributed by atoms with Gasteiger partial charge in [-0.2, -0.15) is 0 Å². The Labute approximate surface area is 734 Å². The van der Waals surface area contributed by atoms with Crippen molar-refractivity contribution in [3.05, 3.63) is 322 Å². The number of allylic oxidation sites excluding steroid dienone is 26. The van der Waals surface area contributed by atoms with Crippen LogP contribution in [0.5, 0.6) is 5.75 Å². The first-order valence-corrected chi connectivity index (χ1v) is 42.9. The molecule has 2 amide bonds. The number of hydrogen-bond acceptors (Lipinski definition) is 12. The topological polar surface area (TPSA) is 271 Å². The summed E-state index contributed by atoms with van der Waals surface area (Å²) < 4.78 is 25.9. The Hall–Kier alpha value is -11.9. The average molecular weight is 1690 g/mol. The zero-order valence-electron chi connectivity index (χ0n) is 75.1. The molecule has 5 aromatic carbocycles. The molecule has 2 aliphatic rings. The number of carboxylic acid groups (broad SMARTS) is 3. The minimum absolute atomic E-state index is 0.00629. The number of amides is 2. The zero-order valence-corrected chi connectivity index (χ0v) is 75.1. The number of aromatic nitrogens is 1. The zero-order chi connectivity index (χ0) is 91.2. The van der Waals surface area contributed by atoms with Gasteiger partial charge in [0.15, 0.2) is 0 Å². The molecule has 1 saturated carbocycles. The number of nitrogens with one attached hydrogen (secondary N) is 2. The molecule has 0 radical (unpaired) electrons. The van der Waals surface area contributed by atoms with Gasteiger partial charge in [-0.1, -0.05) is 265 Å². The molecule has 0 unspecified atom stereocenters. The number of aliphatic hydroxyl groups excluding tert-OH is 2. The number of aryl methyl sites for hydroxylation is 1. The Kier molecular flexibility index (Phi) is 45.8. The molecule has 7 atom stereocenters. The number of hydrogen-bond donors (Lipinski definition) is 7. The average Bonchev–Trinajstić information content (AvgIpc) is 1.59. The van der Waals surface area contributed by atoms with Crippen molar-refractivity contribution in [3.63, 3.8) is 0 Å². The highest BCUT2D eigenvalue weighted by molar-refractivity contribution is 6.12. The number of benzene rings is 5. The molecule has 1 saturated heterocycles. The third kappa shape index (κ3) is 37.4. The van der Waals surface area contributed by atoms with Crippen LogP contribution in [0.15, 0.2) is 293 Å². The second-order valence-electron chi connectivity index (χ2n) is 32.2. The predicted octanol–water partition coefficient (Wildman–Crippen LogP) is 22.9. The summed E-state index contributed by atoms with van der Waals surface area (Å²) in [4.78, 5) is 85.3. The van der Waals surface area contributed by atoms with Crippen molar-refractivity contribution in [2.45, 2.75) is 236 Å². The number of ether oxygens (including phenoxy) is 2. The van der Waals surface area contributed by atoms with Gasteiger partial charge in [0.25, 0.3) is 5.91 Å². The summed E-state index contributed by atoms with van der Waals surface area (Å²) in [5, 5.41) is 54.2. The van der Waals surface area contributed by atoms with E-state index >= 15 is 0 Å². The molecule has 19 heteroatoms. The second kappa shape index (κ2) is 55.3. The van der Waals surface area contributed by atoms with E-state index in [2.05, 4.69) is 194 Å². The number of nitrogens with zero attached hydrogens (tertiary/aromatic N) is 2. The summed E-state index contributed by atoms with van der Waals surface area (Å²) in [7, 11) is 0. The summed E-state index contributed by atoms with van der Waals surface area (Å²) in [5.41, 5.74) is 16.4. The number of carbonyl (C=O) groups is 7. The van der Waals surface area contributed by atoms with Gasteiger partial charge in [-0.15, -0.1) is 0 Å². The SMILES string of the molecule is CC(=O)Oc1ccccc1C(=O)O.CC(C)=CCC/C(C)=C/C=C/C(C)=C/C=C/C(C)=C/C=C/C=C(C)/C=C/C=C(C)/C=C/C=C(\C)CCC=C(C)C.CC(C)c1c(C(=O)Nc2ccccc2)c(-c2ccccc2)c(-c2ccc(F)cc2)n1CC[C@@H](O)C[C@@H](O)CC(=O)O.CCOC(=O)[C@H](CCc1ccccc1)N[C@@H](C)C(=O)N1[C@H](C(=O)O)C[C@@H]2CCC[C@@H]21. The van der Waals surface area contributed by atoms with E-state index in [1.807, 2.05) is 109 Å². The number of aliphatic carboxylic acids is 2. The van der Waals surface area contributed by atoms with Crippen molar-refractivity contribution < 1.29 is 73.0 Å². The van der Waals surface area contributed by atoms with Gasteiger partial charge < -0.3 is 49.8 Å². The summed E-state index contributed by atoms with van der Waals surface area (Å²) in [5.74, 6) is -4.82. The van der Waals surface area contributed by atoms with Crippen LogP contribution in [0.25, 0.3) is 22.4 Å². The van der Waals surface area contributed by atoms with E-state index in [9.17, 15) is 53.3 Å². The molecule has 124 heavy (non-hydrogen) atoms. The Morgan fingerprint density at radius 2 is 1.09 bits per heavy atom. The van der Waals surface area contributed by atoms with Gasteiger partial charge in [-0.25, -0.2) is 14.0 Å². The van der Waals surface area contributed by atoms with Crippen molar-refractivity contribution in [3.8, 4) is 28.1 Å². The Bertz CT molecular complexity index is 4780. The van der Waals surface area contributed by atoms with Crippen LogP contribution in [0, 0.1) is 11.7 Å². The number of halogens is 1. The Morgan fingerprint density at radius 3 is 1.59 bits per heavy atom. The Balaban J connectivity index is 0.000000310. The van der Waals surface area contributed by atoms with Gasteiger partial charge >= 0.3 is 29.8 Å². The van der Waals surface area contributed by atoms with Crippen LogP contribution in [-0.2, 0) is 41.7 Å². The summed E-state index contributed by atoms with van der Waals surface area (Å²) in [6.07, 6.45) is 45.4. The first kappa shape index (κ1) is 103. The van der Waals surface area contributed by atoms with Crippen LogP contribution in [0.2, 0.25) is 0 Å². The van der Waals surface area contributed by atoms with Crippen LogP contribution in [0.1, 0.15) is 219 Å².